The van der Waals surface area contributed by atoms with Crippen LogP contribution in [0, 0.1) is 5.82 Å². The van der Waals surface area contributed by atoms with Crippen molar-refractivity contribution >= 4 is 17.5 Å². The highest BCUT2D eigenvalue weighted by Gasteiger charge is 2.32. The predicted molar refractivity (Wildman–Crippen MR) is 131 cm³/mol. The average molecular weight is 481 g/mol. The molecule has 3 heterocycles. The highest BCUT2D eigenvalue weighted by molar-refractivity contribution is 5.69. The first-order chi connectivity index (χ1) is 16.7. The van der Waals surface area contributed by atoms with E-state index in [0.717, 1.165) is 19.0 Å². The molecule has 9 nitrogen and oxygen atoms in total. The van der Waals surface area contributed by atoms with Crippen LogP contribution in [0.5, 0.6) is 11.6 Å². The number of halogens is 1. The molecular formula is C25H29FN6O3. The van der Waals surface area contributed by atoms with Crippen molar-refractivity contribution in [2.45, 2.75) is 45.3 Å². The van der Waals surface area contributed by atoms with E-state index in [9.17, 15) is 9.18 Å². The molecule has 184 valence electrons. The zero-order chi connectivity index (χ0) is 25.0. The number of nitrogen functional groups attached to an aromatic ring is 1. The van der Waals surface area contributed by atoms with E-state index < -0.39 is 11.4 Å². The Kier molecular flexibility index (Phi) is 6.99. The third-order valence-corrected chi connectivity index (χ3v) is 5.34. The largest absolute Gasteiger partial charge is 0.444 e. The Balaban J connectivity index is 1.56. The number of benzene rings is 1. The molecule has 1 saturated heterocycles. The monoisotopic (exact) mass is 480 g/mol. The molecule has 1 aromatic carbocycles. The van der Waals surface area contributed by atoms with E-state index >= 15 is 0 Å². The molecule has 2 aromatic heterocycles. The van der Waals surface area contributed by atoms with Crippen molar-refractivity contribution in [1.29, 1.82) is 0 Å². The number of nitrogens with two attached hydrogens (primary N) is 1. The van der Waals surface area contributed by atoms with E-state index in [1.54, 1.807) is 35.4 Å². The summed E-state index contributed by atoms with van der Waals surface area (Å²) in [6.45, 7) is 6.64. The molecule has 1 atom stereocenters. The number of carbonyl (C=O) groups is 1. The lowest BCUT2D eigenvalue weighted by Gasteiger charge is -2.29. The SMILES string of the molecule is CC(C)(C)OC(=O)N1CCC[C@H]1CNc1cnc(-c2cncc(F)c2)nc1Oc1ccc(N)cc1. The molecule has 0 bridgehead atoms. The minimum absolute atomic E-state index is 0.0543. The molecule has 3 aromatic rings. The number of amides is 1. The fraction of sp³-hybridized carbons (Fsp3) is 0.360. The van der Waals surface area contributed by atoms with Gasteiger partial charge in [-0.1, -0.05) is 0 Å². The molecule has 1 aliphatic rings. The maximum Gasteiger partial charge on any atom is 0.410 e. The molecule has 0 spiro atoms. The molecule has 0 saturated carbocycles. The second-order valence-electron chi connectivity index (χ2n) is 9.33. The molecule has 0 unspecified atom stereocenters. The Labute approximate surface area is 203 Å². The molecule has 4 rings (SSSR count). The average Bonchev–Trinajstić information content (AvgIpc) is 3.27. The van der Waals surface area contributed by atoms with Gasteiger partial charge in [0.1, 0.15) is 22.9 Å². The van der Waals surface area contributed by atoms with Crippen LogP contribution in [0.2, 0.25) is 0 Å². The van der Waals surface area contributed by atoms with Crippen molar-refractivity contribution in [3.05, 3.63) is 54.7 Å². The molecule has 1 aliphatic heterocycles. The lowest BCUT2D eigenvalue weighted by Crippen LogP contribution is -2.42. The van der Waals surface area contributed by atoms with Crippen molar-refractivity contribution in [2.24, 2.45) is 0 Å². The number of ether oxygens (including phenoxy) is 2. The summed E-state index contributed by atoms with van der Waals surface area (Å²) in [5, 5.41) is 3.31. The van der Waals surface area contributed by atoms with Crippen LogP contribution in [-0.2, 0) is 4.74 Å². The number of rotatable bonds is 6. The van der Waals surface area contributed by atoms with Crippen LogP contribution in [0.3, 0.4) is 0 Å². The van der Waals surface area contributed by atoms with Crippen molar-refractivity contribution in [3.8, 4) is 23.0 Å². The molecule has 0 aliphatic carbocycles. The predicted octanol–water partition coefficient (Wildman–Crippen LogP) is 4.86. The second kappa shape index (κ2) is 10.1. The van der Waals surface area contributed by atoms with Gasteiger partial charge >= 0.3 is 6.09 Å². The van der Waals surface area contributed by atoms with Crippen LogP contribution in [0.15, 0.2) is 48.9 Å². The molecule has 35 heavy (non-hydrogen) atoms. The van der Waals surface area contributed by atoms with E-state index in [4.69, 9.17) is 15.2 Å². The van der Waals surface area contributed by atoms with Gasteiger partial charge in [0.2, 0.25) is 5.88 Å². The third kappa shape index (κ3) is 6.34. The Morgan fingerprint density at radius 2 is 2.00 bits per heavy atom. The standard InChI is InChI=1S/C25H29FN6O3/c1-25(2,3)35-24(33)32-10-4-5-19(32)14-29-21-15-30-22(16-11-17(26)13-28-12-16)31-23(21)34-20-8-6-18(27)7-9-20/h6-9,11-13,15,19,29H,4-5,10,14,27H2,1-3H3/t19-/m0/s1. The normalized spacial score (nSPS) is 15.7. The van der Waals surface area contributed by atoms with Gasteiger partial charge in [-0.25, -0.2) is 14.2 Å². The zero-order valence-corrected chi connectivity index (χ0v) is 20.0. The van der Waals surface area contributed by atoms with Gasteiger partial charge in [0, 0.05) is 30.5 Å². The molecule has 0 radical (unpaired) electrons. The van der Waals surface area contributed by atoms with Gasteiger partial charge in [-0.2, -0.15) is 4.98 Å². The van der Waals surface area contributed by atoms with Crippen LogP contribution in [0.1, 0.15) is 33.6 Å². The summed E-state index contributed by atoms with van der Waals surface area (Å²) < 4.78 is 25.3. The lowest BCUT2D eigenvalue weighted by atomic mass is 10.2. The summed E-state index contributed by atoms with van der Waals surface area (Å²) in [4.78, 5) is 27.1. The van der Waals surface area contributed by atoms with Crippen LogP contribution in [0.4, 0.5) is 20.6 Å². The Morgan fingerprint density at radius 1 is 1.23 bits per heavy atom. The number of carbonyl (C=O) groups excluding carboxylic acids is 1. The first-order valence-electron chi connectivity index (χ1n) is 11.4. The number of anilines is 2. The first-order valence-corrected chi connectivity index (χ1v) is 11.4. The van der Waals surface area contributed by atoms with Crippen LogP contribution < -0.4 is 15.8 Å². The van der Waals surface area contributed by atoms with Gasteiger partial charge in [-0.15, -0.1) is 0 Å². The second-order valence-corrected chi connectivity index (χ2v) is 9.33. The van der Waals surface area contributed by atoms with Gasteiger partial charge in [-0.05, 0) is 63.9 Å². The van der Waals surface area contributed by atoms with Crippen molar-refractivity contribution in [1.82, 2.24) is 19.9 Å². The minimum atomic E-state index is -0.562. The van der Waals surface area contributed by atoms with Gasteiger partial charge in [0.05, 0.1) is 18.4 Å². The number of nitrogens with one attached hydrogen (secondary N) is 1. The van der Waals surface area contributed by atoms with Crippen molar-refractivity contribution in [3.63, 3.8) is 0 Å². The summed E-state index contributed by atoms with van der Waals surface area (Å²) in [5.74, 6) is 0.563. The van der Waals surface area contributed by atoms with Crippen LogP contribution in [-0.4, -0.2) is 50.7 Å². The number of hydrogen-bond acceptors (Lipinski definition) is 8. The van der Waals surface area contributed by atoms with E-state index in [2.05, 4.69) is 20.3 Å². The number of nitrogens with zero attached hydrogens (tertiary/aromatic N) is 4. The lowest BCUT2D eigenvalue weighted by molar-refractivity contribution is 0.0235. The molecule has 10 heteroatoms. The highest BCUT2D eigenvalue weighted by Crippen LogP contribution is 2.31. The number of hydrogen-bond donors (Lipinski definition) is 2. The molecule has 3 N–H and O–H groups in total. The van der Waals surface area contributed by atoms with Crippen molar-refractivity contribution in [2.75, 3.05) is 24.1 Å². The summed E-state index contributed by atoms with van der Waals surface area (Å²) >= 11 is 0. The van der Waals surface area contributed by atoms with Gasteiger partial charge in [0.25, 0.3) is 0 Å². The Hall–Kier alpha value is -3.95. The summed E-state index contributed by atoms with van der Waals surface area (Å²) in [7, 11) is 0. The summed E-state index contributed by atoms with van der Waals surface area (Å²) in [6.07, 6.45) is 5.58. The fourth-order valence-corrected chi connectivity index (χ4v) is 3.72. The van der Waals surface area contributed by atoms with Crippen LogP contribution >= 0.6 is 0 Å². The Bertz CT molecular complexity index is 1180. The topological polar surface area (TPSA) is 115 Å². The van der Waals surface area contributed by atoms with E-state index in [-0.39, 0.29) is 23.8 Å². The molecular weight excluding hydrogens is 451 g/mol. The van der Waals surface area contributed by atoms with Crippen molar-refractivity contribution < 1.29 is 18.7 Å². The van der Waals surface area contributed by atoms with E-state index in [0.29, 0.717) is 35.8 Å². The smallest absolute Gasteiger partial charge is 0.410 e. The molecule has 1 amide bonds. The maximum absolute atomic E-state index is 13.7. The van der Waals surface area contributed by atoms with Gasteiger partial charge < -0.3 is 25.4 Å². The van der Waals surface area contributed by atoms with Gasteiger partial charge in [0.15, 0.2) is 5.82 Å². The van der Waals surface area contributed by atoms with Gasteiger partial charge in [-0.3, -0.25) is 4.98 Å². The Morgan fingerprint density at radius 3 is 2.71 bits per heavy atom. The summed E-state index contributed by atoms with van der Waals surface area (Å²) in [5.41, 5.74) is 6.78. The number of aromatic nitrogens is 3. The third-order valence-electron chi connectivity index (χ3n) is 5.34. The zero-order valence-electron chi connectivity index (χ0n) is 20.0. The quantitative estimate of drug-likeness (QED) is 0.481. The maximum atomic E-state index is 13.7. The van der Waals surface area contributed by atoms with Crippen LogP contribution in [0.25, 0.3) is 11.4 Å². The fourth-order valence-electron chi connectivity index (χ4n) is 3.72. The highest BCUT2D eigenvalue weighted by atomic mass is 19.1. The molecule has 1 fully saturated rings. The number of likely N-dealkylation sites (tertiary alicyclic amines) is 1. The summed E-state index contributed by atoms with van der Waals surface area (Å²) in [6, 6.07) is 8.15. The van der Waals surface area contributed by atoms with E-state index in [1.807, 2.05) is 20.8 Å². The minimum Gasteiger partial charge on any atom is -0.444 e. The van der Waals surface area contributed by atoms with E-state index in [1.165, 1.54) is 12.3 Å². The first kappa shape index (κ1) is 24.2. The number of pyridine rings is 1.